The number of allylic oxidation sites excluding steroid dienone is 1. The summed E-state index contributed by atoms with van der Waals surface area (Å²) in [6, 6.07) is 0.431. The van der Waals surface area contributed by atoms with Crippen LogP contribution in [0.4, 0.5) is 0 Å². The molecule has 2 rings (SSSR count). The molecule has 2 aliphatic rings. The molecule has 0 bridgehead atoms. The molecule has 5 heteroatoms. The van der Waals surface area contributed by atoms with Gasteiger partial charge in [0.25, 0.3) is 0 Å². The second-order valence-electron chi connectivity index (χ2n) is 10.1. The summed E-state index contributed by atoms with van der Waals surface area (Å²) in [6.07, 6.45) is 12.6. The van der Waals surface area contributed by atoms with E-state index in [0.717, 1.165) is 51.5 Å². The quantitative estimate of drug-likeness (QED) is 0.302. The Morgan fingerprint density at radius 3 is 2.61 bits per heavy atom. The molecule has 1 amide bonds. The van der Waals surface area contributed by atoms with Crippen LogP contribution >= 0.6 is 0 Å². The number of rotatable bonds is 13. The lowest BCUT2D eigenvalue weighted by Crippen LogP contribution is -2.46. The van der Waals surface area contributed by atoms with Gasteiger partial charge in [0.15, 0.2) is 0 Å². The number of fused-ring (bicyclic) bond motifs is 1. The number of nitrogens with zero attached hydrogens (tertiary/aromatic N) is 1. The topological polar surface area (TPSA) is 72.8 Å². The molecule has 0 radical (unpaired) electrons. The lowest BCUT2D eigenvalue weighted by atomic mass is 9.88. The minimum Gasteiger partial charge on any atom is -0.392 e. The maximum atomic E-state index is 12.5. The van der Waals surface area contributed by atoms with Crippen molar-refractivity contribution < 1.29 is 15.0 Å². The number of amides is 1. The highest BCUT2D eigenvalue weighted by Crippen LogP contribution is 2.47. The van der Waals surface area contributed by atoms with Gasteiger partial charge in [-0.1, -0.05) is 50.0 Å². The van der Waals surface area contributed by atoms with Gasteiger partial charge in [-0.05, 0) is 71.8 Å². The summed E-state index contributed by atoms with van der Waals surface area (Å²) in [7, 11) is 0. The fourth-order valence-electron chi connectivity index (χ4n) is 5.45. The van der Waals surface area contributed by atoms with Gasteiger partial charge in [-0.15, -0.1) is 0 Å². The molecule has 1 fully saturated rings. The zero-order chi connectivity index (χ0) is 23.0. The third-order valence-electron chi connectivity index (χ3n) is 6.91. The molecule has 0 aliphatic heterocycles. The van der Waals surface area contributed by atoms with Crippen molar-refractivity contribution in [3.05, 3.63) is 23.8 Å². The van der Waals surface area contributed by atoms with E-state index in [4.69, 9.17) is 0 Å². The third-order valence-corrected chi connectivity index (χ3v) is 6.91. The first kappa shape index (κ1) is 26.1. The van der Waals surface area contributed by atoms with Crippen LogP contribution in [0.3, 0.4) is 0 Å². The van der Waals surface area contributed by atoms with Crippen molar-refractivity contribution in [1.29, 1.82) is 0 Å². The number of carbonyl (C=O) groups is 1. The average Bonchev–Trinajstić information content (AvgIpc) is 3.19. The molecule has 0 aromatic rings. The third kappa shape index (κ3) is 7.73. The van der Waals surface area contributed by atoms with Gasteiger partial charge in [0.1, 0.15) is 0 Å². The molecule has 0 saturated heterocycles. The maximum absolute atomic E-state index is 12.5. The summed E-state index contributed by atoms with van der Waals surface area (Å²) >= 11 is 0. The molecule has 0 spiro atoms. The maximum Gasteiger partial charge on any atom is 0.236 e. The van der Waals surface area contributed by atoms with Gasteiger partial charge >= 0.3 is 0 Å². The number of hydrogen-bond acceptors (Lipinski definition) is 4. The van der Waals surface area contributed by atoms with E-state index in [1.54, 1.807) is 0 Å². The Bertz CT molecular complexity index is 606. The first-order chi connectivity index (χ1) is 14.7. The van der Waals surface area contributed by atoms with Crippen molar-refractivity contribution in [2.45, 2.75) is 104 Å². The standard InChI is InChI=1S/C26H46N2O3/c1-6-7-8-9-22(29)10-11-23-24-15-20(14-21(24)16-25(23)30)12-13-27-17-26(31)28(18(2)3)19(4)5/h10-11,14,18-19,21-25,27,29-30H,6-9,12-13,15-17H2,1-5H3/t21-,22-,23+,24-,25+/m0/s1. The van der Waals surface area contributed by atoms with Crippen LogP contribution in [0.2, 0.25) is 0 Å². The van der Waals surface area contributed by atoms with Crippen LogP contribution in [0.1, 0.15) is 79.6 Å². The summed E-state index contributed by atoms with van der Waals surface area (Å²) in [6.45, 7) is 11.6. The molecular formula is C26H46N2O3. The molecule has 0 unspecified atom stereocenters. The average molecular weight is 435 g/mol. The van der Waals surface area contributed by atoms with Crippen molar-refractivity contribution in [3.63, 3.8) is 0 Å². The lowest BCUT2D eigenvalue weighted by molar-refractivity contribution is -0.133. The highest BCUT2D eigenvalue weighted by atomic mass is 16.3. The van der Waals surface area contributed by atoms with Crippen LogP contribution in [0.15, 0.2) is 23.8 Å². The van der Waals surface area contributed by atoms with Gasteiger partial charge in [-0.2, -0.15) is 0 Å². The molecule has 1 saturated carbocycles. The Kier molecular flexibility index (Phi) is 10.7. The predicted octanol–water partition coefficient (Wildman–Crippen LogP) is 4.05. The fraction of sp³-hybridized carbons (Fsp3) is 0.808. The van der Waals surface area contributed by atoms with Crippen LogP contribution in [0.25, 0.3) is 0 Å². The minimum absolute atomic E-state index is 0.139. The second kappa shape index (κ2) is 12.8. The second-order valence-corrected chi connectivity index (χ2v) is 10.1. The molecule has 3 N–H and O–H groups in total. The molecule has 5 nitrogen and oxygen atoms in total. The van der Waals surface area contributed by atoms with Gasteiger partial charge in [0.2, 0.25) is 5.91 Å². The fourth-order valence-corrected chi connectivity index (χ4v) is 5.45. The van der Waals surface area contributed by atoms with E-state index in [0.29, 0.717) is 18.4 Å². The van der Waals surface area contributed by atoms with Crippen LogP contribution in [-0.4, -0.2) is 58.4 Å². The summed E-state index contributed by atoms with van der Waals surface area (Å²) in [5, 5.41) is 24.0. The minimum atomic E-state index is -0.399. The number of hydrogen-bond donors (Lipinski definition) is 3. The smallest absolute Gasteiger partial charge is 0.236 e. The molecule has 2 aliphatic carbocycles. The van der Waals surface area contributed by atoms with Crippen LogP contribution < -0.4 is 5.32 Å². The van der Waals surface area contributed by atoms with E-state index < -0.39 is 6.10 Å². The Morgan fingerprint density at radius 1 is 1.26 bits per heavy atom. The van der Waals surface area contributed by atoms with Crippen molar-refractivity contribution in [3.8, 4) is 0 Å². The van der Waals surface area contributed by atoms with E-state index in [2.05, 4.69) is 52.1 Å². The highest BCUT2D eigenvalue weighted by molar-refractivity contribution is 5.78. The summed E-state index contributed by atoms with van der Waals surface area (Å²) in [5.74, 6) is 1.19. The van der Waals surface area contributed by atoms with E-state index in [1.165, 1.54) is 5.57 Å². The van der Waals surface area contributed by atoms with E-state index >= 15 is 0 Å². The van der Waals surface area contributed by atoms with E-state index in [1.807, 2.05) is 11.0 Å². The highest BCUT2D eigenvalue weighted by Gasteiger charge is 2.43. The molecule has 0 heterocycles. The zero-order valence-electron chi connectivity index (χ0n) is 20.4. The van der Waals surface area contributed by atoms with Crippen LogP contribution in [0.5, 0.6) is 0 Å². The molecule has 178 valence electrons. The number of carbonyl (C=O) groups excluding carboxylic acids is 1. The molecule has 0 aromatic carbocycles. The number of unbranched alkanes of at least 4 members (excludes halogenated alkanes) is 2. The summed E-state index contributed by atoms with van der Waals surface area (Å²) in [4.78, 5) is 14.4. The first-order valence-corrected chi connectivity index (χ1v) is 12.5. The van der Waals surface area contributed by atoms with E-state index in [9.17, 15) is 15.0 Å². The predicted molar refractivity (Wildman–Crippen MR) is 128 cm³/mol. The molecular weight excluding hydrogens is 388 g/mol. The van der Waals surface area contributed by atoms with Gasteiger partial charge in [-0.3, -0.25) is 4.79 Å². The summed E-state index contributed by atoms with van der Waals surface area (Å²) < 4.78 is 0. The van der Waals surface area contributed by atoms with Crippen molar-refractivity contribution in [2.75, 3.05) is 13.1 Å². The van der Waals surface area contributed by atoms with Gasteiger partial charge in [-0.25, -0.2) is 0 Å². The largest absolute Gasteiger partial charge is 0.392 e. The van der Waals surface area contributed by atoms with Crippen molar-refractivity contribution >= 4 is 5.91 Å². The number of aliphatic hydroxyl groups is 2. The van der Waals surface area contributed by atoms with Gasteiger partial charge in [0.05, 0.1) is 18.8 Å². The summed E-state index contributed by atoms with van der Waals surface area (Å²) in [5.41, 5.74) is 1.44. The SMILES string of the molecule is CCCCC[C@H](O)C=C[C@@H]1[C@H]2CC(CCNCC(=O)N(C(C)C)C(C)C)=C[C@H]2C[C@H]1O. The van der Waals surface area contributed by atoms with E-state index in [-0.39, 0.29) is 30.0 Å². The van der Waals surface area contributed by atoms with Gasteiger partial charge in [0, 0.05) is 18.0 Å². The molecule has 0 aromatic heterocycles. The first-order valence-electron chi connectivity index (χ1n) is 12.5. The Balaban J connectivity index is 1.76. The lowest BCUT2D eigenvalue weighted by Gasteiger charge is -2.31. The molecule has 31 heavy (non-hydrogen) atoms. The van der Waals surface area contributed by atoms with Crippen LogP contribution in [-0.2, 0) is 4.79 Å². The monoisotopic (exact) mass is 434 g/mol. The number of nitrogens with one attached hydrogen (secondary N) is 1. The van der Waals surface area contributed by atoms with Crippen molar-refractivity contribution in [1.82, 2.24) is 10.2 Å². The normalized spacial score (nSPS) is 26.7. The van der Waals surface area contributed by atoms with Gasteiger partial charge < -0.3 is 20.4 Å². The van der Waals surface area contributed by atoms with Crippen LogP contribution in [0, 0.1) is 17.8 Å². The molecule has 5 atom stereocenters. The Labute approximate surface area is 190 Å². The zero-order valence-corrected chi connectivity index (χ0v) is 20.4. The Morgan fingerprint density at radius 2 is 1.97 bits per heavy atom. The van der Waals surface area contributed by atoms with Crippen molar-refractivity contribution in [2.24, 2.45) is 17.8 Å². The number of aliphatic hydroxyl groups excluding tert-OH is 2. The Hall–Kier alpha value is -1.17.